The van der Waals surface area contributed by atoms with Gasteiger partial charge in [0.15, 0.2) is 11.6 Å². The summed E-state index contributed by atoms with van der Waals surface area (Å²) in [6.45, 7) is 1.83. The molecular formula is C24H19N7O. The van der Waals surface area contributed by atoms with E-state index in [1.807, 2.05) is 85.8 Å². The fourth-order valence-corrected chi connectivity index (χ4v) is 3.33. The van der Waals surface area contributed by atoms with Gasteiger partial charge >= 0.3 is 0 Å². The Morgan fingerprint density at radius 1 is 0.875 bits per heavy atom. The van der Waals surface area contributed by atoms with E-state index in [4.69, 9.17) is 0 Å². The number of anilines is 1. The van der Waals surface area contributed by atoms with Crippen molar-refractivity contribution < 1.29 is 4.79 Å². The molecule has 8 nitrogen and oxygen atoms in total. The van der Waals surface area contributed by atoms with Crippen LogP contribution >= 0.6 is 0 Å². The lowest BCUT2D eigenvalue weighted by Crippen LogP contribution is -2.14. The first-order chi connectivity index (χ1) is 15.7. The Hall–Kier alpha value is -4.59. The average molecular weight is 421 g/mol. The summed E-state index contributed by atoms with van der Waals surface area (Å²) in [5.74, 6) is 1.55. The number of benzene rings is 3. The maximum Gasteiger partial charge on any atom is 0.295 e. The Labute approximate surface area is 184 Å². The van der Waals surface area contributed by atoms with Crippen LogP contribution in [0.3, 0.4) is 0 Å². The quantitative estimate of drug-likeness (QED) is 0.441. The second-order valence-corrected chi connectivity index (χ2v) is 7.15. The number of nitrogens with one attached hydrogen (secondary N) is 2. The molecule has 5 rings (SSSR count). The summed E-state index contributed by atoms with van der Waals surface area (Å²) in [4.78, 5) is 21.9. The molecule has 0 fully saturated rings. The van der Waals surface area contributed by atoms with Crippen LogP contribution in [0.5, 0.6) is 0 Å². The minimum absolute atomic E-state index is 0.0758. The molecule has 0 unspecified atom stereocenters. The van der Waals surface area contributed by atoms with E-state index in [2.05, 4.69) is 30.6 Å². The average Bonchev–Trinajstić information content (AvgIpc) is 3.47. The first-order valence-electron chi connectivity index (χ1n) is 10.1. The Kier molecular flexibility index (Phi) is 5.01. The molecule has 156 valence electrons. The van der Waals surface area contributed by atoms with Crippen LogP contribution in [0.2, 0.25) is 0 Å². The minimum Gasteiger partial charge on any atom is -0.319 e. The van der Waals surface area contributed by atoms with Crippen LogP contribution in [0.25, 0.3) is 28.5 Å². The maximum absolute atomic E-state index is 13.0. The Morgan fingerprint density at radius 2 is 1.59 bits per heavy atom. The molecule has 0 saturated heterocycles. The highest BCUT2D eigenvalue weighted by molar-refractivity contribution is 6.02. The van der Waals surface area contributed by atoms with Crippen molar-refractivity contribution in [3.8, 4) is 28.5 Å². The number of aromatic nitrogens is 6. The number of hydrogen-bond acceptors (Lipinski definition) is 5. The van der Waals surface area contributed by atoms with E-state index < -0.39 is 5.91 Å². The summed E-state index contributed by atoms with van der Waals surface area (Å²) in [6.07, 6.45) is 0. The van der Waals surface area contributed by atoms with Crippen molar-refractivity contribution in [2.24, 2.45) is 0 Å². The number of amides is 1. The molecule has 0 aliphatic rings. The number of aromatic amines is 1. The monoisotopic (exact) mass is 421 g/mol. The first-order valence-corrected chi connectivity index (χ1v) is 10.1. The van der Waals surface area contributed by atoms with E-state index in [9.17, 15) is 4.79 Å². The fraction of sp³-hybridized carbons (Fsp3) is 0.0417. The number of aryl methyl sites for hydroxylation is 1. The summed E-state index contributed by atoms with van der Waals surface area (Å²) in [6, 6.07) is 26.6. The van der Waals surface area contributed by atoms with E-state index in [1.165, 1.54) is 0 Å². The van der Waals surface area contributed by atoms with Gasteiger partial charge in [0.1, 0.15) is 5.82 Å². The molecule has 0 saturated carbocycles. The molecule has 0 atom stereocenters. The molecule has 0 bridgehead atoms. The largest absolute Gasteiger partial charge is 0.319 e. The second-order valence-electron chi connectivity index (χ2n) is 7.15. The minimum atomic E-state index is -0.403. The lowest BCUT2D eigenvalue weighted by Gasteiger charge is -2.05. The lowest BCUT2D eigenvalue weighted by atomic mass is 10.2. The Balaban J connectivity index is 1.48. The van der Waals surface area contributed by atoms with Gasteiger partial charge in [-0.05, 0) is 31.2 Å². The van der Waals surface area contributed by atoms with Crippen LogP contribution in [0, 0.1) is 6.92 Å². The molecule has 0 spiro atoms. The predicted octanol–water partition coefficient (Wildman–Crippen LogP) is 4.28. The van der Waals surface area contributed by atoms with Gasteiger partial charge in [0.05, 0.1) is 5.69 Å². The van der Waals surface area contributed by atoms with Gasteiger partial charge in [0.25, 0.3) is 5.91 Å². The van der Waals surface area contributed by atoms with E-state index in [0.29, 0.717) is 17.3 Å². The highest BCUT2D eigenvalue weighted by Crippen LogP contribution is 2.23. The van der Waals surface area contributed by atoms with Crippen LogP contribution in [0.4, 0.5) is 5.69 Å². The fourth-order valence-electron chi connectivity index (χ4n) is 3.33. The van der Waals surface area contributed by atoms with Crippen molar-refractivity contribution >= 4 is 11.6 Å². The van der Waals surface area contributed by atoms with E-state index in [1.54, 1.807) is 10.7 Å². The highest BCUT2D eigenvalue weighted by atomic mass is 16.2. The van der Waals surface area contributed by atoms with E-state index >= 15 is 0 Å². The second kappa shape index (κ2) is 8.27. The van der Waals surface area contributed by atoms with Gasteiger partial charge in [-0.15, -0.1) is 5.10 Å². The third-order valence-corrected chi connectivity index (χ3v) is 4.82. The van der Waals surface area contributed by atoms with Crippen LogP contribution in [0.15, 0.2) is 84.9 Å². The number of carbonyl (C=O) groups excluding carboxylic acids is 1. The number of para-hydroxylation sites is 1. The topological polar surface area (TPSA) is 101 Å². The van der Waals surface area contributed by atoms with Gasteiger partial charge in [0.2, 0.25) is 5.82 Å². The number of hydrogen-bond donors (Lipinski definition) is 2. The van der Waals surface area contributed by atoms with E-state index in [-0.39, 0.29) is 5.82 Å². The van der Waals surface area contributed by atoms with Gasteiger partial charge in [-0.1, -0.05) is 60.7 Å². The zero-order valence-corrected chi connectivity index (χ0v) is 17.2. The van der Waals surface area contributed by atoms with Gasteiger partial charge in [-0.2, -0.15) is 5.10 Å². The number of carbonyl (C=O) groups is 1. The first kappa shape index (κ1) is 19.4. The molecule has 0 aliphatic heterocycles. The molecule has 2 N–H and O–H groups in total. The molecular weight excluding hydrogens is 402 g/mol. The molecule has 32 heavy (non-hydrogen) atoms. The van der Waals surface area contributed by atoms with Crippen LogP contribution in [0.1, 0.15) is 16.4 Å². The van der Waals surface area contributed by atoms with Gasteiger partial charge in [0, 0.05) is 16.8 Å². The Morgan fingerprint density at radius 3 is 2.31 bits per heavy atom. The molecule has 8 heteroatoms. The molecule has 2 aromatic heterocycles. The number of rotatable bonds is 5. The van der Waals surface area contributed by atoms with Crippen LogP contribution in [-0.4, -0.2) is 35.9 Å². The number of H-pyrrole nitrogens is 1. The SMILES string of the molecule is Cc1nc(-c2cccc(NC(=O)c3nc(-c4ccccc4)n(-c4ccccc4)n3)c2)n[nH]1. The summed E-state index contributed by atoms with van der Waals surface area (Å²) in [5, 5.41) is 14.4. The molecule has 2 heterocycles. The van der Waals surface area contributed by atoms with Gasteiger partial charge < -0.3 is 5.32 Å². The predicted molar refractivity (Wildman–Crippen MR) is 121 cm³/mol. The number of nitrogens with zero attached hydrogens (tertiary/aromatic N) is 5. The smallest absolute Gasteiger partial charge is 0.295 e. The Bertz CT molecular complexity index is 1320. The highest BCUT2D eigenvalue weighted by Gasteiger charge is 2.19. The lowest BCUT2D eigenvalue weighted by molar-refractivity contribution is 0.101. The molecule has 0 aliphatic carbocycles. The maximum atomic E-state index is 13.0. The van der Waals surface area contributed by atoms with Crippen molar-refractivity contribution in [3.63, 3.8) is 0 Å². The van der Waals surface area contributed by atoms with Crippen molar-refractivity contribution in [1.29, 1.82) is 0 Å². The summed E-state index contributed by atoms with van der Waals surface area (Å²) in [5.41, 5.74) is 3.08. The zero-order chi connectivity index (χ0) is 21.9. The van der Waals surface area contributed by atoms with Crippen LogP contribution < -0.4 is 5.32 Å². The van der Waals surface area contributed by atoms with Crippen molar-refractivity contribution in [2.45, 2.75) is 6.92 Å². The van der Waals surface area contributed by atoms with Crippen molar-refractivity contribution in [1.82, 2.24) is 29.9 Å². The molecule has 1 amide bonds. The normalized spacial score (nSPS) is 10.8. The molecule has 5 aromatic rings. The van der Waals surface area contributed by atoms with Crippen LogP contribution in [-0.2, 0) is 0 Å². The summed E-state index contributed by atoms with van der Waals surface area (Å²) < 4.78 is 1.68. The zero-order valence-electron chi connectivity index (χ0n) is 17.2. The summed E-state index contributed by atoms with van der Waals surface area (Å²) in [7, 11) is 0. The van der Waals surface area contributed by atoms with Gasteiger partial charge in [-0.25, -0.2) is 14.6 Å². The molecule has 3 aromatic carbocycles. The van der Waals surface area contributed by atoms with Crippen molar-refractivity contribution in [2.75, 3.05) is 5.32 Å². The third kappa shape index (κ3) is 3.89. The molecule has 0 radical (unpaired) electrons. The van der Waals surface area contributed by atoms with Crippen molar-refractivity contribution in [3.05, 3.63) is 96.6 Å². The van der Waals surface area contributed by atoms with Gasteiger partial charge in [-0.3, -0.25) is 9.89 Å². The summed E-state index contributed by atoms with van der Waals surface area (Å²) >= 11 is 0. The van der Waals surface area contributed by atoms with E-state index in [0.717, 1.165) is 22.6 Å². The standard InChI is InChI=1S/C24H19N7O/c1-16-25-21(29-28-16)18-11-8-12-19(15-18)26-24(32)22-27-23(17-9-4-2-5-10-17)31(30-22)20-13-6-3-7-14-20/h2-15H,1H3,(H,26,32)(H,25,28,29). The third-order valence-electron chi connectivity index (χ3n) is 4.82.